The van der Waals surface area contributed by atoms with Gasteiger partial charge in [-0.1, -0.05) is 79.0 Å². The van der Waals surface area contributed by atoms with Gasteiger partial charge in [0.1, 0.15) is 0 Å². The third-order valence-corrected chi connectivity index (χ3v) is 4.92. The highest BCUT2D eigenvalue weighted by Crippen LogP contribution is 2.28. The Hall–Kier alpha value is -0.520. The number of hydrogen-bond acceptors (Lipinski definition) is 0. The zero-order valence-corrected chi connectivity index (χ0v) is 17.0. The Morgan fingerprint density at radius 1 is 0.826 bits per heavy atom. The lowest BCUT2D eigenvalue weighted by Gasteiger charge is -2.23. The first kappa shape index (κ1) is 22.5. The largest absolute Gasteiger partial charge is 0.103 e. The van der Waals surface area contributed by atoms with Crippen molar-refractivity contribution in [2.24, 2.45) is 23.2 Å². The summed E-state index contributed by atoms with van der Waals surface area (Å²) in [5.74, 6) is 2.57. The third kappa shape index (κ3) is 14.8. The summed E-state index contributed by atoms with van der Waals surface area (Å²) in [6.45, 7) is 18.0. The maximum Gasteiger partial charge on any atom is -0.0346 e. The summed E-state index contributed by atoms with van der Waals surface area (Å²) in [6, 6.07) is 0. The fourth-order valence-electron chi connectivity index (χ4n) is 3.19. The average Bonchev–Trinajstić information content (AvgIpc) is 2.44. The molecule has 0 nitrogen and oxygen atoms in total. The maximum absolute atomic E-state index is 3.91. The van der Waals surface area contributed by atoms with E-state index in [1.54, 1.807) is 0 Å². The molecule has 0 aliphatic rings. The van der Waals surface area contributed by atoms with E-state index in [0.29, 0.717) is 5.41 Å². The molecule has 0 bridgehead atoms. The molecule has 0 saturated carbocycles. The molecule has 0 aromatic heterocycles. The van der Waals surface area contributed by atoms with Crippen LogP contribution >= 0.6 is 0 Å². The molecule has 0 aliphatic heterocycles. The number of allylic oxidation sites excluding steroid dienone is 3. The van der Waals surface area contributed by atoms with Crippen LogP contribution in [0.15, 0.2) is 24.8 Å². The minimum Gasteiger partial charge on any atom is -0.103 e. The summed E-state index contributed by atoms with van der Waals surface area (Å²) in [5, 5.41) is 0. The third-order valence-electron chi connectivity index (χ3n) is 4.92. The highest BCUT2D eigenvalue weighted by molar-refractivity contribution is 4.85. The van der Waals surface area contributed by atoms with Gasteiger partial charge in [0.25, 0.3) is 0 Å². The Morgan fingerprint density at radius 2 is 1.43 bits per heavy atom. The highest BCUT2D eigenvalue weighted by Gasteiger charge is 2.16. The average molecular weight is 321 g/mol. The molecule has 0 radical (unpaired) electrons. The smallest absolute Gasteiger partial charge is 0.0346 e. The molecule has 0 fully saturated rings. The van der Waals surface area contributed by atoms with Gasteiger partial charge in [-0.2, -0.15) is 0 Å². The van der Waals surface area contributed by atoms with Gasteiger partial charge in [-0.15, -0.1) is 6.58 Å². The molecule has 0 heterocycles. The van der Waals surface area contributed by atoms with Crippen LogP contribution < -0.4 is 0 Å². The Balaban J connectivity index is 4.12. The van der Waals surface area contributed by atoms with Crippen LogP contribution in [0, 0.1) is 23.2 Å². The molecule has 0 N–H and O–H groups in total. The molecular formula is C23H44. The van der Waals surface area contributed by atoms with E-state index in [1.165, 1.54) is 57.8 Å². The van der Waals surface area contributed by atoms with Gasteiger partial charge in [-0.25, -0.2) is 0 Å². The maximum atomic E-state index is 3.91. The van der Waals surface area contributed by atoms with Crippen LogP contribution in [0.25, 0.3) is 0 Å². The van der Waals surface area contributed by atoms with Crippen molar-refractivity contribution in [3.63, 3.8) is 0 Å². The Kier molecular flexibility index (Phi) is 12.6. The predicted octanol–water partition coefficient (Wildman–Crippen LogP) is 8.19. The van der Waals surface area contributed by atoms with E-state index in [2.05, 4.69) is 66.3 Å². The minimum atomic E-state index is 0.460. The fourth-order valence-corrected chi connectivity index (χ4v) is 3.19. The van der Waals surface area contributed by atoms with E-state index in [1.807, 2.05) is 0 Å². The molecular weight excluding hydrogens is 276 g/mol. The van der Waals surface area contributed by atoms with E-state index in [4.69, 9.17) is 0 Å². The molecule has 0 rings (SSSR count). The Morgan fingerprint density at radius 3 is 2.00 bits per heavy atom. The van der Waals surface area contributed by atoms with Gasteiger partial charge in [0, 0.05) is 0 Å². The van der Waals surface area contributed by atoms with E-state index < -0.39 is 0 Å². The van der Waals surface area contributed by atoms with Gasteiger partial charge in [0.15, 0.2) is 0 Å². The first-order valence-corrected chi connectivity index (χ1v) is 10.0. The van der Waals surface area contributed by atoms with Crippen molar-refractivity contribution in [3.05, 3.63) is 24.8 Å². The fraction of sp³-hybridized carbons (Fsp3) is 0.826. The summed E-state index contributed by atoms with van der Waals surface area (Å²) in [4.78, 5) is 0. The highest BCUT2D eigenvalue weighted by atomic mass is 14.2. The van der Waals surface area contributed by atoms with Crippen LogP contribution in [0.3, 0.4) is 0 Å². The van der Waals surface area contributed by atoms with E-state index in [9.17, 15) is 0 Å². The van der Waals surface area contributed by atoms with Crippen LogP contribution in [0.1, 0.15) is 99.3 Å². The standard InChI is InChI=1S/C23H44/c1-8-9-17-22(21(4)16-14-15-20(2)3)18-12-10-11-13-19-23(5,6)7/h8,10-11,20-22H,1,9,12-19H2,2-7H3. The molecule has 0 aromatic rings. The summed E-state index contributed by atoms with van der Waals surface area (Å²) >= 11 is 0. The molecule has 0 heteroatoms. The van der Waals surface area contributed by atoms with E-state index >= 15 is 0 Å². The van der Waals surface area contributed by atoms with Gasteiger partial charge in [0.05, 0.1) is 0 Å². The quantitative estimate of drug-likeness (QED) is 0.300. The molecule has 0 amide bonds. The lowest BCUT2D eigenvalue weighted by molar-refractivity contribution is 0.290. The van der Waals surface area contributed by atoms with Gasteiger partial charge in [-0.05, 0) is 61.7 Å². The van der Waals surface area contributed by atoms with Crippen molar-refractivity contribution in [1.82, 2.24) is 0 Å². The summed E-state index contributed by atoms with van der Waals surface area (Å²) in [7, 11) is 0. The van der Waals surface area contributed by atoms with Crippen molar-refractivity contribution >= 4 is 0 Å². The number of hydrogen-bond donors (Lipinski definition) is 0. The van der Waals surface area contributed by atoms with Crippen molar-refractivity contribution in [3.8, 4) is 0 Å². The van der Waals surface area contributed by atoms with Crippen LogP contribution in [-0.4, -0.2) is 0 Å². The molecule has 23 heavy (non-hydrogen) atoms. The van der Waals surface area contributed by atoms with Crippen molar-refractivity contribution in [1.29, 1.82) is 0 Å². The van der Waals surface area contributed by atoms with Crippen molar-refractivity contribution in [2.45, 2.75) is 99.3 Å². The molecule has 0 aliphatic carbocycles. The van der Waals surface area contributed by atoms with Crippen molar-refractivity contribution in [2.75, 3.05) is 0 Å². The lowest BCUT2D eigenvalue weighted by Crippen LogP contribution is -2.12. The topological polar surface area (TPSA) is 0 Å². The van der Waals surface area contributed by atoms with E-state index in [0.717, 1.165) is 17.8 Å². The summed E-state index contributed by atoms with van der Waals surface area (Å²) in [5.41, 5.74) is 0.460. The molecule has 0 spiro atoms. The normalized spacial score (nSPS) is 15.3. The SMILES string of the molecule is C=CCCC(CCC=CCCC(C)(C)C)C(C)CCCC(C)C. The first-order chi connectivity index (χ1) is 10.8. The molecule has 2 unspecified atom stereocenters. The predicted molar refractivity (Wildman–Crippen MR) is 108 cm³/mol. The Labute approximate surface area is 147 Å². The minimum absolute atomic E-state index is 0.460. The zero-order chi connectivity index (χ0) is 17.7. The van der Waals surface area contributed by atoms with Crippen LogP contribution in [-0.2, 0) is 0 Å². The number of rotatable bonds is 13. The molecule has 136 valence electrons. The van der Waals surface area contributed by atoms with Crippen LogP contribution in [0.5, 0.6) is 0 Å². The van der Waals surface area contributed by atoms with Gasteiger partial charge >= 0.3 is 0 Å². The summed E-state index contributed by atoms with van der Waals surface area (Å²) < 4.78 is 0. The Bertz CT molecular complexity index is 302. The molecule has 0 aromatic carbocycles. The lowest BCUT2D eigenvalue weighted by atomic mass is 9.82. The van der Waals surface area contributed by atoms with Gasteiger partial charge in [0.2, 0.25) is 0 Å². The monoisotopic (exact) mass is 320 g/mol. The van der Waals surface area contributed by atoms with Crippen LogP contribution in [0.4, 0.5) is 0 Å². The molecule has 0 saturated heterocycles. The van der Waals surface area contributed by atoms with E-state index in [-0.39, 0.29) is 0 Å². The zero-order valence-electron chi connectivity index (χ0n) is 17.0. The second-order valence-electron chi connectivity index (χ2n) is 9.08. The van der Waals surface area contributed by atoms with Gasteiger partial charge < -0.3 is 0 Å². The van der Waals surface area contributed by atoms with Gasteiger partial charge in [-0.3, -0.25) is 0 Å². The molecule has 2 atom stereocenters. The van der Waals surface area contributed by atoms with Crippen LogP contribution in [0.2, 0.25) is 0 Å². The summed E-state index contributed by atoms with van der Waals surface area (Å²) in [6.07, 6.45) is 18.7. The van der Waals surface area contributed by atoms with Crippen molar-refractivity contribution < 1.29 is 0 Å². The second kappa shape index (κ2) is 12.8. The first-order valence-electron chi connectivity index (χ1n) is 10.0. The second-order valence-corrected chi connectivity index (χ2v) is 9.08.